The van der Waals surface area contributed by atoms with Crippen molar-refractivity contribution in [3.8, 4) is 11.6 Å². The first kappa shape index (κ1) is 16.3. The number of nitrogens with one attached hydrogen (secondary N) is 1. The van der Waals surface area contributed by atoms with Crippen LogP contribution in [-0.2, 0) is 13.6 Å². The van der Waals surface area contributed by atoms with E-state index in [1.54, 1.807) is 11.7 Å². The average molecular weight is 377 g/mol. The fraction of sp³-hybridized carbons (Fsp3) is 0.357. The van der Waals surface area contributed by atoms with Gasteiger partial charge in [0.05, 0.1) is 20.8 Å². The minimum atomic E-state index is -0.526. The SMILES string of the molecule is CCNCc1c(C)nn(C)c1Oc1cc(F)c(Cl)cc1Br. The van der Waals surface area contributed by atoms with Gasteiger partial charge in [-0.3, -0.25) is 0 Å². The van der Waals surface area contributed by atoms with Gasteiger partial charge in [-0.1, -0.05) is 18.5 Å². The first-order valence-electron chi connectivity index (χ1n) is 6.49. The van der Waals surface area contributed by atoms with Crippen LogP contribution in [0.2, 0.25) is 5.02 Å². The molecule has 2 aromatic rings. The van der Waals surface area contributed by atoms with Crippen LogP contribution in [0.3, 0.4) is 0 Å². The van der Waals surface area contributed by atoms with Crippen molar-refractivity contribution in [2.75, 3.05) is 6.54 Å². The Hall–Kier alpha value is -1.11. The van der Waals surface area contributed by atoms with Crippen LogP contribution in [0.15, 0.2) is 16.6 Å². The molecule has 21 heavy (non-hydrogen) atoms. The molecule has 0 unspecified atom stereocenters. The van der Waals surface area contributed by atoms with Gasteiger partial charge in [0.1, 0.15) is 11.6 Å². The molecule has 0 aliphatic carbocycles. The summed E-state index contributed by atoms with van der Waals surface area (Å²) in [7, 11) is 1.79. The molecule has 0 atom stereocenters. The van der Waals surface area contributed by atoms with Gasteiger partial charge in [0.2, 0.25) is 5.88 Å². The van der Waals surface area contributed by atoms with Gasteiger partial charge in [0.15, 0.2) is 0 Å². The first-order chi connectivity index (χ1) is 9.93. The summed E-state index contributed by atoms with van der Waals surface area (Å²) in [6.45, 7) is 5.42. The molecular formula is C14H16BrClFN3O. The molecule has 0 radical (unpaired) electrons. The predicted molar refractivity (Wildman–Crippen MR) is 84.5 cm³/mol. The zero-order valence-electron chi connectivity index (χ0n) is 12.0. The van der Waals surface area contributed by atoms with Crippen molar-refractivity contribution >= 4 is 27.5 Å². The van der Waals surface area contributed by atoms with Crippen molar-refractivity contribution in [1.82, 2.24) is 15.1 Å². The number of nitrogens with zero attached hydrogens (tertiary/aromatic N) is 2. The molecule has 1 heterocycles. The molecule has 0 spiro atoms. The lowest BCUT2D eigenvalue weighted by molar-refractivity contribution is 0.418. The molecule has 0 fully saturated rings. The summed E-state index contributed by atoms with van der Waals surface area (Å²) in [6, 6.07) is 2.73. The Kier molecular flexibility index (Phi) is 5.24. The Balaban J connectivity index is 2.37. The van der Waals surface area contributed by atoms with E-state index in [4.69, 9.17) is 16.3 Å². The Morgan fingerprint density at radius 1 is 1.48 bits per heavy atom. The lowest BCUT2D eigenvalue weighted by Crippen LogP contribution is -2.13. The van der Waals surface area contributed by atoms with E-state index in [0.717, 1.165) is 17.8 Å². The molecule has 114 valence electrons. The molecule has 2 rings (SSSR count). The molecule has 0 aliphatic heterocycles. The van der Waals surface area contributed by atoms with Crippen molar-refractivity contribution < 1.29 is 9.13 Å². The number of hydrogen-bond acceptors (Lipinski definition) is 3. The van der Waals surface area contributed by atoms with Gasteiger partial charge < -0.3 is 10.1 Å². The summed E-state index contributed by atoms with van der Waals surface area (Å²) < 4.78 is 21.7. The number of aryl methyl sites for hydroxylation is 2. The van der Waals surface area contributed by atoms with Crippen LogP contribution >= 0.6 is 27.5 Å². The Morgan fingerprint density at radius 3 is 2.86 bits per heavy atom. The highest BCUT2D eigenvalue weighted by atomic mass is 79.9. The van der Waals surface area contributed by atoms with Gasteiger partial charge >= 0.3 is 0 Å². The minimum Gasteiger partial charge on any atom is -0.438 e. The molecule has 0 aliphatic rings. The Labute approximate surface area is 136 Å². The number of aromatic nitrogens is 2. The van der Waals surface area contributed by atoms with Crippen molar-refractivity contribution in [3.05, 3.63) is 38.7 Å². The standard InChI is InChI=1S/C14H16BrClFN3O/c1-4-18-7-9-8(2)19-20(3)14(9)21-13-6-12(17)11(16)5-10(13)15/h5-6,18H,4,7H2,1-3H3. The van der Waals surface area contributed by atoms with Crippen LogP contribution < -0.4 is 10.1 Å². The number of hydrogen-bond donors (Lipinski definition) is 1. The molecule has 0 amide bonds. The van der Waals surface area contributed by atoms with Crippen LogP contribution in [0.4, 0.5) is 4.39 Å². The zero-order valence-corrected chi connectivity index (χ0v) is 14.3. The lowest BCUT2D eigenvalue weighted by atomic mass is 10.2. The van der Waals surface area contributed by atoms with Crippen molar-refractivity contribution in [2.24, 2.45) is 7.05 Å². The summed E-state index contributed by atoms with van der Waals surface area (Å²) in [5, 5.41) is 7.63. The summed E-state index contributed by atoms with van der Waals surface area (Å²) in [5.74, 6) is 0.413. The molecular weight excluding hydrogens is 361 g/mol. The predicted octanol–water partition coefficient (Wildman–Crippen LogP) is 4.19. The van der Waals surface area contributed by atoms with Crippen LogP contribution in [-0.4, -0.2) is 16.3 Å². The molecule has 4 nitrogen and oxygen atoms in total. The second kappa shape index (κ2) is 6.77. The van der Waals surface area contributed by atoms with E-state index in [9.17, 15) is 4.39 Å². The number of halogens is 3. The smallest absolute Gasteiger partial charge is 0.222 e. The van der Waals surface area contributed by atoms with E-state index in [2.05, 4.69) is 26.3 Å². The van der Waals surface area contributed by atoms with Crippen LogP contribution in [0.25, 0.3) is 0 Å². The van der Waals surface area contributed by atoms with Gasteiger partial charge in [-0.2, -0.15) is 5.10 Å². The molecule has 1 aromatic carbocycles. The first-order valence-corrected chi connectivity index (χ1v) is 7.66. The molecule has 1 N–H and O–H groups in total. The zero-order chi connectivity index (χ0) is 15.6. The monoisotopic (exact) mass is 375 g/mol. The van der Waals surface area contributed by atoms with E-state index in [0.29, 0.717) is 22.6 Å². The van der Waals surface area contributed by atoms with Gasteiger partial charge in [0.25, 0.3) is 0 Å². The van der Waals surface area contributed by atoms with Gasteiger partial charge in [-0.15, -0.1) is 0 Å². The fourth-order valence-corrected chi connectivity index (χ4v) is 2.67. The Bertz CT molecular complexity index is 660. The molecule has 0 saturated heterocycles. The van der Waals surface area contributed by atoms with E-state index in [-0.39, 0.29) is 5.02 Å². The van der Waals surface area contributed by atoms with Gasteiger partial charge in [0, 0.05) is 19.7 Å². The third-order valence-corrected chi connectivity index (χ3v) is 3.93. The maximum absolute atomic E-state index is 13.6. The topological polar surface area (TPSA) is 39.1 Å². The maximum atomic E-state index is 13.6. The van der Waals surface area contributed by atoms with E-state index < -0.39 is 5.82 Å². The highest BCUT2D eigenvalue weighted by Gasteiger charge is 2.17. The van der Waals surface area contributed by atoms with Crippen LogP contribution in [0, 0.1) is 12.7 Å². The number of benzene rings is 1. The highest BCUT2D eigenvalue weighted by molar-refractivity contribution is 9.10. The second-order valence-electron chi connectivity index (χ2n) is 4.57. The third kappa shape index (κ3) is 3.56. The largest absolute Gasteiger partial charge is 0.438 e. The summed E-state index contributed by atoms with van der Waals surface area (Å²) >= 11 is 9.06. The van der Waals surface area contributed by atoms with Crippen LogP contribution in [0.1, 0.15) is 18.2 Å². The maximum Gasteiger partial charge on any atom is 0.222 e. The summed E-state index contributed by atoms with van der Waals surface area (Å²) in [6.07, 6.45) is 0. The van der Waals surface area contributed by atoms with Gasteiger partial charge in [-0.05, 0) is 35.5 Å². The van der Waals surface area contributed by atoms with Crippen molar-refractivity contribution in [2.45, 2.75) is 20.4 Å². The average Bonchev–Trinajstić information content (AvgIpc) is 2.68. The highest BCUT2D eigenvalue weighted by Crippen LogP contribution is 2.35. The molecule has 7 heteroatoms. The Morgan fingerprint density at radius 2 is 2.19 bits per heavy atom. The molecule has 0 bridgehead atoms. The number of rotatable bonds is 5. The van der Waals surface area contributed by atoms with E-state index in [1.807, 2.05) is 13.8 Å². The van der Waals surface area contributed by atoms with E-state index >= 15 is 0 Å². The third-order valence-electron chi connectivity index (χ3n) is 3.02. The lowest BCUT2D eigenvalue weighted by Gasteiger charge is -2.11. The molecule has 1 aromatic heterocycles. The van der Waals surface area contributed by atoms with Crippen molar-refractivity contribution in [3.63, 3.8) is 0 Å². The summed E-state index contributed by atoms with van der Waals surface area (Å²) in [4.78, 5) is 0. The molecule has 0 saturated carbocycles. The van der Waals surface area contributed by atoms with Crippen molar-refractivity contribution in [1.29, 1.82) is 0 Å². The minimum absolute atomic E-state index is 0.0447. The van der Waals surface area contributed by atoms with Gasteiger partial charge in [-0.25, -0.2) is 9.07 Å². The number of ether oxygens (including phenoxy) is 1. The quantitative estimate of drug-likeness (QED) is 0.796. The summed E-state index contributed by atoms with van der Waals surface area (Å²) in [5.41, 5.74) is 1.82. The fourth-order valence-electron chi connectivity index (χ4n) is 1.95. The van der Waals surface area contributed by atoms with Crippen LogP contribution in [0.5, 0.6) is 11.6 Å². The normalized spacial score (nSPS) is 11.0. The van der Waals surface area contributed by atoms with E-state index in [1.165, 1.54) is 12.1 Å². The second-order valence-corrected chi connectivity index (χ2v) is 5.83.